The van der Waals surface area contributed by atoms with Gasteiger partial charge in [-0.1, -0.05) is 12.1 Å². The van der Waals surface area contributed by atoms with Crippen molar-refractivity contribution in [1.29, 1.82) is 0 Å². The van der Waals surface area contributed by atoms with Crippen LogP contribution in [0.5, 0.6) is 5.75 Å². The van der Waals surface area contributed by atoms with Gasteiger partial charge in [-0.25, -0.2) is 4.79 Å². The van der Waals surface area contributed by atoms with E-state index >= 15 is 0 Å². The summed E-state index contributed by atoms with van der Waals surface area (Å²) >= 11 is 0. The Morgan fingerprint density at radius 3 is 2.42 bits per heavy atom. The third-order valence-corrected chi connectivity index (χ3v) is 3.03. The molecule has 0 heterocycles. The third-order valence-electron chi connectivity index (χ3n) is 3.03. The van der Waals surface area contributed by atoms with Gasteiger partial charge in [-0.15, -0.1) is 0 Å². The van der Waals surface area contributed by atoms with Crippen LogP contribution in [0.3, 0.4) is 0 Å². The van der Waals surface area contributed by atoms with Crippen LogP contribution < -0.4 is 10.1 Å². The first-order chi connectivity index (χ1) is 11.5. The lowest BCUT2D eigenvalue weighted by molar-refractivity contribution is -0.385. The summed E-state index contributed by atoms with van der Waals surface area (Å²) in [6, 6.07) is 11.9. The molecule has 0 aromatic heterocycles. The molecule has 0 bridgehead atoms. The molecule has 0 radical (unpaired) electrons. The lowest BCUT2D eigenvalue weighted by Crippen LogP contribution is -2.21. The number of carbonyl (C=O) groups is 2. The Bertz CT molecular complexity index is 757. The molecule has 0 aliphatic heterocycles. The Morgan fingerprint density at radius 2 is 1.79 bits per heavy atom. The third kappa shape index (κ3) is 4.29. The van der Waals surface area contributed by atoms with Crippen molar-refractivity contribution in [3.05, 3.63) is 64.2 Å². The average molecular weight is 330 g/mol. The maximum absolute atomic E-state index is 11.9. The van der Waals surface area contributed by atoms with Gasteiger partial charge in [0.15, 0.2) is 6.61 Å². The molecule has 2 aromatic rings. The minimum Gasteiger partial charge on any atom is -0.497 e. The number of anilines is 1. The molecule has 24 heavy (non-hydrogen) atoms. The molecule has 1 N–H and O–H groups in total. The minimum absolute atomic E-state index is 0.209. The van der Waals surface area contributed by atoms with Crippen molar-refractivity contribution < 1.29 is 24.0 Å². The van der Waals surface area contributed by atoms with Gasteiger partial charge in [-0.05, 0) is 30.3 Å². The second-order valence-electron chi connectivity index (χ2n) is 4.63. The predicted molar refractivity (Wildman–Crippen MR) is 85.0 cm³/mol. The molecule has 8 nitrogen and oxygen atoms in total. The van der Waals surface area contributed by atoms with Crippen LogP contribution in [0.2, 0.25) is 0 Å². The molecule has 0 aliphatic rings. The van der Waals surface area contributed by atoms with Crippen molar-refractivity contribution >= 4 is 23.3 Å². The van der Waals surface area contributed by atoms with E-state index in [4.69, 9.17) is 9.47 Å². The number of amides is 1. The average Bonchev–Trinajstić information content (AvgIpc) is 2.60. The quantitative estimate of drug-likeness (QED) is 0.495. The smallest absolute Gasteiger partial charge is 0.345 e. The number of para-hydroxylation sites is 1. The van der Waals surface area contributed by atoms with E-state index in [1.54, 1.807) is 24.3 Å². The van der Waals surface area contributed by atoms with Crippen molar-refractivity contribution in [2.75, 3.05) is 19.0 Å². The van der Waals surface area contributed by atoms with Gasteiger partial charge < -0.3 is 14.8 Å². The number of rotatable bonds is 6. The predicted octanol–water partition coefficient (Wildman–Crippen LogP) is 2.40. The molecule has 1 amide bonds. The van der Waals surface area contributed by atoms with Crippen molar-refractivity contribution in [2.45, 2.75) is 0 Å². The summed E-state index contributed by atoms with van der Waals surface area (Å²) in [5, 5.41) is 13.4. The van der Waals surface area contributed by atoms with Gasteiger partial charge in [0, 0.05) is 11.8 Å². The molecule has 2 aromatic carbocycles. The monoisotopic (exact) mass is 330 g/mol. The Labute approximate surface area is 137 Å². The zero-order valence-electron chi connectivity index (χ0n) is 12.7. The zero-order valence-corrected chi connectivity index (χ0v) is 12.7. The van der Waals surface area contributed by atoms with Crippen LogP contribution in [0, 0.1) is 10.1 Å². The number of ether oxygens (including phenoxy) is 2. The molecular weight excluding hydrogens is 316 g/mol. The first-order valence-electron chi connectivity index (χ1n) is 6.85. The van der Waals surface area contributed by atoms with Gasteiger partial charge in [0.1, 0.15) is 11.3 Å². The summed E-state index contributed by atoms with van der Waals surface area (Å²) in [5.74, 6) is -0.866. The van der Waals surface area contributed by atoms with Gasteiger partial charge in [-0.2, -0.15) is 0 Å². The molecule has 0 saturated heterocycles. The molecule has 8 heteroatoms. The van der Waals surface area contributed by atoms with Crippen molar-refractivity contribution in [3.63, 3.8) is 0 Å². The van der Waals surface area contributed by atoms with Crippen LogP contribution in [0.1, 0.15) is 10.4 Å². The SMILES string of the molecule is COc1ccc(NC(=O)COC(=O)c2ccccc2[N+](=O)[O-])cc1. The van der Waals surface area contributed by atoms with Crippen LogP contribution in [0.4, 0.5) is 11.4 Å². The Hall–Kier alpha value is -3.42. The summed E-state index contributed by atoms with van der Waals surface area (Å²) in [4.78, 5) is 33.8. The largest absolute Gasteiger partial charge is 0.497 e. The Kier molecular flexibility index (Phi) is 5.45. The number of hydrogen-bond donors (Lipinski definition) is 1. The fourth-order valence-corrected chi connectivity index (χ4v) is 1.89. The van der Waals surface area contributed by atoms with Gasteiger partial charge in [0.2, 0.25) is 0 Å². The Morgan fingerprint density at radius 1 is 1.12 bits per heavy atom. The van der Waals surface area contributed by atoms with Crippen molar-refractivity contribution in [1.82, 2.24) is 0 Å². The van der Waals surface area contributed by atoms with Crippen LogP contribution >= 0.6 is 0 Å². The number of nitro groups is 1. The van der Waals surface area contributed by atoms with E-state index in [9.17, 15) is 19.7 Å². The highest BCUT2D eigenvalue weighted by Crippen LogP contribution is 2.18. The molecule has 0 saturated carbocycles. The van der Waals surface area contributed by atoms with E-state index in [1.807, 2.05) is 0 Å². The first kappa shape index (κ1) is 16.9. The maximum atomic E-state index is 11.9. The summed E-state index contributed by atoms with van der Waals surface area (Å²) < 4.78 is 9.81. The van der Waals surface area contributed by atoms with Crippen molar-refractivity contribution in [3.8, 4) is 5.75 Å². The minimum atomic E-state index is -0.938. The number of esters is 1. The molecule has 0 spiro atoms. The summed E-state index contributed by atoms with van der Waals surface area (Å²) in [6.45, 7) is -0.559. The molecule has 0 atom stereocenters. The van der Waals surface area contributed by atoms with Gasteiger partial charge in [0.25, 0.3) is 11.6 Å². The normalized spacial score (nSPS) is 9.88. The Balaban J connectivity index is 1.93. The van der Waals surface area contributed by atoms with Crippen molar-refractivity contribution in [2.24, 2.45) is 0 Å². The molecule has 0 fully saturated rings. The lowest BCUT2D eigenvalue weighted by atomic mass is 10.2. The second-order valence-corrected chi connectivity index (χ2v) is 4.63. The van der Waals surface area contributed by atoms with E-state index in [0.29, 0.717) is 11.4 Å². The summed E-state index contributed by atoms with van der Waals surface area (Å²) in [6.07, 6.45) is 0. The van der Waals surface area contributed by atoms with E-state index in [1.165, 1.54) is 31.4 Å². The first-order valence-corrected chi connectivity index (χ1v) is 6.85. The van der Waals surface area contributed by atoms with E-state index in [0.717, 1.165) is 0 Å². The van der Waals surface area contributed by atoms with Crippen LogP contribution in [0.15, 0.2) is 48.5 Å². The summed E-state index contributed by atoms with van der Waals surface area (Å²) in [7, 11) is 1.52. The highest BCUT2D eigenvalue weighted by Gasteiger charge is 2.21. The van der Waals surface area contributed by atoms with Crippen LogP contribution in [-0.4, -0.2) is 30.5 Å². The molecular formula is C16H14N2O6. The lowest BCUT2D eigenvalue weighted by Gasteiger charge is -2.07. The maximum Gasteiger partial charge on any atom is 0.345 e. The zero-order chi connectivity index (χ0) is 17.5. The molecule has 124 valence electrons. The fourth-order valence-electron chi connectivity index (χ4n) is 1.89. The van der Waals surface area contributed by atoms with E-state index < -0.39 is 23.4 Å². The van der Waals surface area contributed by atoms with E-state index in [2.05, 4.69) is 5.32 Å². The van der Waals surface area contributed by atoms with Crippen LogP contribution in [0.25, 0.3) is 0 Å². The number of benzene rings is 2. The molecule has 0 aliphatic carbocycles. The highest BCUT2D eigenvalue weighted by molar-refractivity contribution is 5.97. The number of nitro benzene ring substituents is 1. The second kappa shape index (κ2) is 7.73. The number of methoxy groups -OCH3 is 1. The number of nitrogens with zero attached hydrogens (tertiary/aromatic N) is 1. The van der Waals surface area contributed by atoms with Crippen LogP contribution in [-0.2, 0) is 9.53 Å². The summed E-state index contributed by atoms with van der Waals surface area (Å²) in [5.41, 5.74) is -0.0830. The van der Waals surface area contributed by atoms with Gasteiger partial charge >= 0.3 is 5.97 Å². The molecule has 0 unspecified atom stereocenters. The van der Waals surface area contributed by atoms with Gasteiger partial charge in [0.05, 0.1) is 12.0 Å². The standard InChI is InChI=1S/C16H14N2O6/c1-23-12-8-6-11(7-9-12)17-15(19)10-24-16(20)13-4-2-3-5-14(13)18(21)22/h2-9H,10H2,1H3,(H,17,19). The fraction of sp³-hybridized carbons (Fsp3) is 0.125. The number of carbonyl (C=O) groups excluding carboxylic acids is 2. The topological polar surface area (TPSA) is 108 Å². The van der Waals surface area contributed by atoms with E-state index in [-0.39, 0.29) is 11.3 Å². The molecule has 2 rings (SSSR count). The number of hydrogen-bond acceptors (Lipinski definition) is 6. The van der Waals surface area contributed by atoms with Gasteiger partial charge in [-0.3, -0.25) is 14.9 Å². The highest BCUT2D eigenvalue weighted by atomic mass is 16.6. The number of nitrogens with one attached hydrogen (secondary N) is 1.